The molecular weight excluding hydrogens is 462 g/mol. The lowest BCUT2D eigenvalue weighted by Crippen LogP contribution is -2.35. The quantitative estimate of drug-likeness (QED) is 0.551. The second-order valence-electron chi connectivity index (χ2n) is 7.06. The number of nitrogens with one attached hydrogen (secondary N) is 2. The van der Waals surface area contributed by atoms with Crippen LogP contribution < -0.4 is 14.8 Å². The lowest BCUT2D eigenvalue weighted by Gasteiger charge is -2.10. The molecule has 0 spiro atoms. The van der Waals surface area contributed by atoms with Gasteiger partial charge in [0.25, 0.3) is 15.9 Å². The van der Waals surface area contributed by atoms with Crippen LogP contribution in [-0.2, 0) is 19.9 Å². The van der Waals surface area contributed by atoms with E-state index < -0.39 is 25.9 Å². The van der Waals surface area contributed by atoms with E-state index in [9.17, 15) is 21.6 Å². The minimum absolute atomic E-state index is 0.0567. The zero-order valence-corrected chi connectivity index (χ0v) is 18.8. The number of carbonyl (C=O) groups excluding carboxylic acids is 1. The molecule has 1 aliphatic heterocycles. The van der Waals surface area contributed by atoms with E-state index in [-0.39, 0.29) is 27.4 Å². The molecule has 1 aliphatic rings. The van der Waals surface area contributed by atoms with E-state index in [2.05, 4.69) is 15.0 Å². The van der Waals surface area contributed by atoms with E-state index in [0.29, 0.717) is 28.0 Å². The zero-order valence-electron chi connectivity index (χ0n) is 16.4. The van der Waals surface area contributed by atoms with E-state index >= 15 is 0 Å². The monoisotopic (exact) mass is 481 g/mol. The number of anilines is 1. The number of amides is 1. The minimum atomic E-state index is -3.83. The summed E-state index contributed by atoms with van der Waals surface area (Å²) in [4.78, 5) is 16.8. The smallest absolute Gasteiger partial charge is 0.263 e. The second kappa shape index (κ2) is 8.09. The summed E-state index contributed by atoms with van der Waals surface area (Å²) >= 11 is 1.10. The first-order chi connectivity index (χ1) is 14.6. The number of methoxy groups -OCH3 is 1. The fourth-order valence-corrected chi connectivity index (χ4v) is 7.03. The Labute approximate surface area is 183 Å². The van der Waals surface area contributed by atoms with Gasteiger partial charge in [0.15, 0.2) is 15.0 Å². The minimum Gasteiger partial charge on any atom is -0.497 e. The van der Waals surface area contributed by atoms with Crippen molar-refractivity contribution in [1.29, 1.82) is 0 Å². The summed E-state index contributed by atoms with van der Waals surface area (Å²) in [6.07, 6.45) is 0.397. The summed E-state index contributed by atoms with van der Waals surface area (Å²) in [5, 5.41) is 2.91. The largest absolute Gasteiger partial charge is 0.497 e. The predicted octanol–water partition coefficient (Wildman–Crippen LogP) is 2.02. The van der Waals surface area contributed by atoms with E-state index in [1.165, 1.54) is 19.2 Å². The van der Waals surface area contributed by atoms with Gasteiger partial charge in [0.05, 0.1) is 33.7 Å². The summed E-state index contributed by atoms with van der Waals surface area (Å²) in [5.74, 6) is 0.181. The Morgan fingerprint density at radius 1 is 1.19 bits per heavy atom. The number of benzene rings is 2. The number of fused-ring (bicyclic) bond motifs is 1. The third kappa shape index (κ3) is 4.81. The van der Waals surface area contributed by atoms with Crippen LogP contribution in [-0.4, -0.2) is 52.4 Å². The Bertz CT molecular complexity index is 1350. The molecule has 1 saturated heterocycles. The van der Waals surface area contributed by atoms with Gasteiger partial charge < -0.3 is 10.1 Å². The van der Waals surface area contributed by atoms with E-state index in [0.717, 1.165) is 11.3 Å². The molecule has 2 N–H and O–H groups in total. The van der Waals surface area contributed by atoms with Gasteiger partial charge in [-0.15, -0.1) is 0 Å². The van der Waals surface area contributed by atoms with Crippen molar-refractivity contribution < 1.29 is 26.4 Å². The molecular formula is C19H19N3O6S3. The molecule has 0 aliphatic carbocycles. The van der Waals surface area contributed by atoms with Crippen LogP contribution in [0, 0.1) is 0 Å². The predicted molar refractivity (Wildman–Crippen MR) is 118 cm³/mol. The molecule has 2 heterocycles. The molecule has 1 fully saturated rings. The Balaban J connectivity index is 1.51. The molecule has 12 heteroatoms. The maximum absolute atomic E-state index is 12.6. The standard InChI is InChI=1S/C19H19N3O6S3/c1-28-14-3-5-15(6-4-14)31(26,27)22-19-21-16-7-2-12(10-17(16)29-19)18(23)20-13-8-9-30(24,25)11-13/h2-7,10,13H,8-9,11H2,1H3,(H,20,23)(H,21,22)/t13-/m0/s1. The van der Waals surface area contributed by atoms with Gasteiger partial charge in [0, 0.05) is 11.6 Å². The molecule has 1 amide bonds. The van der Waals surface area contributed by atoms with Crippen LogP contribution in [0.5, 0.6) is 5.75 Å². The number of sulfonamides is 1. The normalized spacial score (nSPS) is 18.0. The highest BCUT2D eigenvalue weighted by molar-refractivity contribution is 7.93. The van der Waals surface area contributed by atoms with E-state index in [4.69, 9.17) is 4.74 Å². The van der Waals surface area contributed by atoms with Crippen molar-refractivity contribution in [2.45, 2.75) is 17.4 Å². The van der Waals surface area contributed by atoms with E-state index in [1.807, 2.05) is 0 Å². The lowest BCUT2D eigenvalue weighted by atomic mass is 10.2. The third-order valence-electron chi connectivity index (χ3n) is 4.81. The molecule has 1 aromatic heterocycles. The molecule has 0 bridgehead atoms. The molecule has 9 nitrogen and oxygen atoms in total. The Morgan fingerprint density at radius 2 is 1.94 bits per heavy atom. The van der Waals surface area contributed by atoms with Crippen LogP contribution >= 0.6 is 11.3 Å². The first-order valence-electron chi connectivity index (χ1n) is 9.24. The number of hydrogen-bond acceptors (Lipinski definition) is 8. The van der Waals surface area contributed by atoms with Crippen molar-refractivity contribution in [3.63, 3.8) is 0 Å². The molecule has 1 atom stereocenters. The highest BCUT2D eigenvalue weighted by Gasteiger charge is 2.29. The molecule has 4 rings (SSSR count). The molecule has 0 saturated carbocycles. The Morgan fingerprint density at radius 3 is 2.58 bits per heavy atom. The first kappa shape index (κ1) is 21.5. The fraction of sp³-hybridized carbons (Fsp3) is 0.263. The maximum atomic E-state index is 12.6. The Hall–Kier alpha value is -2.70. The molecule has 0 radical (unpaired) electrons. The average molecular weight is 482 g/mol. The van der Waals surface area contributed by atoms with E-state index in [1.54, 1.807) is 30.3 Å². The van der Waals surface area contributed by atoms with Crippen LogP contribution in [0.3, 0.4) is 0 Å². The summed E-state index contributed by atoms with van der Waals surface area (Å²) in [7, 11) is -5.43. The number of thiazole rings is 1. The van der Waals surface area contributed by atoms with Gasteiger partial charge in [-0.3, -0.25) is 9.52 Å². The zero-order chi connectivity index (χ0) is 22.2. The lowest BCUT2D eigenvalue weighted by molar-refractivity contribution is 0.0941. The van der Waals surface area contributed by atoms with Gasteiger partial charge in [0.2, 0.25) is 0 Å². The highest BCUT2D eigenvalue weighted by Crippen LogP contribution is 2.29. The van der Waals surface area contributed by atoms with Crippen molar-refractivity contribution in [3.05, 3.63) is 48.0 Å². The highest BCUT2D eigenvalue weighted by atomic mass is 32.2. The number of aromatic nitrogens is 1. The Kier molecular flexibility index (Phi) is 5.62. The van der Waals surface area contributed by atoms with Crippen LogP contribution in [0.15, 0.2) is 47.4 Å². The van der Waals surface area contributed by atoms with Crippen molar-refractivity contribution in [2.24, 2.45) is 0 Å². The molecule has 0 unspecified atom stereocenters. The van der Waals surface area contributed by atoms with Gasteiger partial charge in [-0.2, -0.15) is 0 Å². The van der Waals surface area contributed by atoms with Crippen molar-refractivity contribution >= 4 is 52.5 Å². The summed E-state index contributed by atoms with van der Waals surface area (Å²) in [6.45, 7) is 0. The number of nitrogens with zero attached hydrogens (tertiary/aromatic N) is 1. The summed E-state index contributed by atoms with van der Waals surface area (Å²) in [6, 6.07) is 10.4. The van der Waals surface area contributed by atoms with Gasteiger partial charge in [-0.1, -0.05) is 11.3 Å². The molecule has 2 aromatic carbocycles. The number of hydrogen-bond donors (Lipinski definition) is 2. The maximum Gasteiger partial charge on any atom is 0.263 e. The van der Waals surface area contributed by atoms with Crippen LogP contribution in [0.4, 0.5) is 5.13 Å². The topological polar surface area (TPSA) is 132 Å². The SMILES string of the molecule is COc1ccc(S(=O)(=O)Nc2nc3ccc(C(=O)N[C@H]4CCS(=O)(=O)C4)cc3s2)cc1. The van der Waals surface area contributed by atoms with Crippen molar-refractivity contribution in [1.82, 2.24) is 10.3 Å². The molecule has 31 heavy (non-hydrogen) atoms. The van der Waals surface area contributed by atoms with Gasteiger partial charge in [-0.05, 0) is 48.9 Å². The van der Waals surface area contributed by atoms with Crippen LogP contribution in [0.25, 0.3) is 10.2 Å². The first-order valence-corrected chi connectivity index (χ1v) is 13.4. The fourth-order valence-electron chi connectivity index (χ4n) is 3.22. The van der Waals surface area contributed by atoms with Crippen LogP contribution in [0.2, 0.25) is 0 Å². The number of carbonyl (C=O) groups is 1. The molecule has 164 valence electrons. The number of ether oxygens (including phenoxy) is 1. The number of sulfone groups is 1. The average Bonchev–Trinajstić information content (AvgIpc) is 3.28. The second-order valence-corrected chi connectivity index (χ2v) is 12.0. The van der Waals surface area contributed by atoms with Crippen LogP contribution in [0.1, 0.15) is 16.8 Å². The van der Waals surface area contributed by atoms with Gasteiger partial charge >= 0.3 is 0 Å². The summed E-state index contributed by atoms with van der Waals surface area (Å²) in [5.41, 5.74) is 0.891. The molecule has 3 aromatic rings. The van der Waals surface area contributed by atoms with Crippen molar-refractivity contribution in [2.75, 3.05) is 23.3 Å². The van der Waals surface area contributed by atoms with Crippen molar-refractivity contribution in [3.8, 4) is 5.75 Å². The van der Waals surface area contributed by atoms with Gasteiger partial charge in [0.1, 0.15) is 5.75 Å². The third-order valence-corrected chi connectivity index (χ3v) is 9.00. The number of rotatable bonds is 6. The summed E-state index contributed by atoms with van der Waals surface area (Å²) < 4.78 is 56.4. The van der Waals surface area contributed by atoms with Gasteiger partial charge in [-0.25, -0.2) is 21.8 Å².